The van der Waals surface area contributed by atoms with E-state index in [4.69, 9.17) is 19.7 Å². The smallest absolute Gasteiger partial charge is 0.0667 e. The highest BCUT2D eigenvalue weighted by atomic mass is 16.5. The van der Waals surface area contributed by atoms with E-state index < -0.39 is 0 Å². The molecule has 0 aromatic rings. The predicted octanol–water partition coefficient (Wildman–Crippen LogP) is -0.302. The maximum atomic E-state index is 7.00. The van der Waals surface area contributed by atoms with E-state index in [0.29, 0.717) is 12.2 Å². The van der Waals surface area contributed by atoms with Crippen LogP contribution < -0.4 is 10.6 Å². The number of ether oxygens (including phenoxy) is 2. The topological polar surface area (TPSA) is 83.0 Å². The lowest BCUT2D eigenvalue weighted by molar-refractivity contribution is 0.119. The molecule has 0 heterocycles. The maximum Gasteiger partial charge on any atom is 0.0667 e. The Balaban J connectivity index is -0.0000000851. The molecule has 2 unspecified atom stereocenters. The van der Waals surface area contributed by atoms with Crippen molar-refractivity contribution in [2.45, 2.75) is 26.1 Å². The third kappa shape index (κ3) is 36.0. The van der Waals surface area contributed by atoms with Crippen molar-refractivity contribution in [2.24, 2.45) is 0 Å². The Morgan fingerprint density at radius 2 is 1.00 bits per heavy atom. The van der Waals surface area contributed by atoms with Gasteiger partial charge < -0.3 is 30.3 Å². The van der Waals surface area contributed by atoms with Gasteiger partial charge in [-0.2, -0.15) is 0 Å². The summed E-state index contributed by atoms with van der Waals surface area (Å²) in [6, 6.07) is 0. The molecule has 18 heavy (non-hydrogen) atoms. The number of aliphatic hydroxyl groups is 2. The van der Waals surface area contributed by atoms with Crippen LogP contribution in [0.2, 0.25) is 0 Å². The average Bonchev–Trinajstić information content (AvgIpc) is 2.44. The Kier molecular flexibility index (Phi) is 44.1. The van der Waals surface area contributed by atoms with Crippen LogP contribution >= 0.6 is 0 Å². The Bertz CT molecular complexity index is 96.1. The van der Waals surface area contributed by atoms with Gasteiger partial charge >= 0.3 is 0 Å². The van der Waals surface area contributed by atoms with E-state index in [1.807, 2.05) is 27.9 Å². The molecule has 0 aromatic carbocycles. The van der Waals surface area contributed by atoms with Gasteiger partial charge in [0.1, 0.15) is 0 Å². The molecule has 0 aliphatic heterocycles. The monoisotopic (exact) mass is 270 g/mol. The standard InChI is InChI=1S/2C5H13NO.2CH4O/c2*1-5(7-3)4-6-2;2*1-2/h2*5-6H,4H2,1-3H3;2*2H,1H3. The maximum absolute atomic E-state index is 7.00. The summed E-state index contributed by atoms with van der Waals surface area (Å²) in [7, 11) is 9.25. The summed E-state index contributed by atoms with van der Waals surface area (Å²) in [4.78, 5) is 0. The molecule has 6 heteroatoms. The summed E-state index contributed by atoms with van der Waals surface area (Å²) < 4.78 is 9.86. The Morgan fingerprint density at radius 3 is 1.06 bits per heavy atom. The highest BCUT2D eigenvalue weighted by Gasteiger charge is 1.92. The zero-order chi connectivity index (χ0) is 15.4. The third-order valence-electron chi connectivity index (χ3n) is 1.79. The van der Waals surface area contributed by atoms with Crippen LogP contribution in [0.4, 0.5) is 0 Å². The lowest BCUT2D eigenvalue weighted by Gasteiger charge is -2.05. The van der Waals surface area contributed by atoms with Crippen molar-refractivity contribution in [3.05, 3.63) is 0 Å². The largest absolute Gasteiger partial charge is 0.400 e. The van der Waals surface area contributed by atoms with Crippen LogP contribution in [0.25, 0.3) is 0 Å². The first-order valence-corrected chi connectivity index (χ1v) is 5.86. The molecule has 116 valence electrons. The van der Waals surface area contributed by atoms with Gasteiger partial charge in [0, 0.05) is 41.5 Å². The van der Waals surface area contributed by atoms with E-state index in [1.54, 1.807) is 14.2 Å². The molecule has 0 aliphatic carbocycles. The van der Waals surface area contributed by atoms with Gasteiger partial charge in [0.25, 0.3) is 0 Å². The Morgan fingerprint density at radius 1 is 0.778 bits per heavy atom. The van der Waals surface area contributed by atoms with Gasteiger partial charge in [0.05, 0.1) is 12.2 Å². The summed E-state index contributed by atoms with van der Waals surface area (Å²) in [6.45, 7) is 5.90. The molecule has 0 bridgehead atoms. The summed E-state index contributed by atoms with van der Waals surface area (Å²) in [5, 5.41) is 20.0. The summed E-state index contributed by atoms with van der Waals surface area (Å²) in [6.07, 6.45) is 0.676. The molecule has 2 atom stereocenters. The minimum atomic E-state index is 0.338. The molecule has 4 N–H and O–H groups in total. The molecule has 0 fully saturated rings. The van der Waals surface area contributed by atoms with E-state index in [-0.39, 0.29) is 0 Å². The fourth-order valence-electron chi connectivity index (χ4n) is 0.742. The number of likely N-dealkylation sites (N-methyl/N-ethyl adjacent to an activating group) is 2. The van der Waals surface area contributed by atoms with E-state index in [0.717, 1.165) is 27.3 Å². The molecular weight excluding hydrogens is 236 g/mol. The van der Waals surface area contributed by atoms with Crippen molar-refractivity contribution >= 4 is 0 Å². The molecule has 0 saturated heterocycles. The Hall–Kier alpha value is -0.240. The van der Waals surface area contributed by atoms with E-state index in [9.17, 15) is 0 Å². The van der Waals surface area contributed by atoms with Crippen molar-refractivity contribution in [1.82, 2.24) is 10.6 Å². The highest BCUT2D eigenvalue weighted by molar-refractivity contribution is 4.48. The van der Waals surface area contributed by atoms with Crippen LogP contribution in [0.1, 0.15) is 13.8 Å². The van der Waals surface area contributed by atoms with Gasteiger partial charge in [-0.1, -0.05) is 0 Å². The molecule has 0 aliphatic rings. The SMILES string of the molecule is CNCC(C)OC.CNCC(C)OC.CO.CO. The van der Waals surface area contributed by atoms with Crippen molar-refractivity contribution < 1.29 is 19.7 Å². The van der Waals surface area contributed by atoms with Crippen LogP contribution in [0.3, 0.4) is 0 Å². The average molecular weight is 270 g/mol. The molecule has 6 nitrogen and oxygen atoms in total. The second-order valence-electron chi connectivity index (χ2n) is 3.21. The van der Waals surface area contributed by atoms with Crippen molar-refractivity contribution in [2.75, 3.05) is 55.6 Å². The molecule has 0 saturated carbocycles. The van der Waals surface area contributed by atoms with E-state index >= 15 is 0 Å². The number of nitrogens with one attached hydrogen (secondary N) is 2. The van der Waals surface area contributed by atoms with Crippen molar-refractivity contribution in [1.29, 1.82) is 0 Å². The normalized spacial score (nSPS) is 11.7. The third-order valence-corrected chi connectivity index (χ3v) is 1.79. The summed E-state index contributed by atoms with van der Waals surface area (Å²) in [5.74, 6) is 0. The first-order valence-electron chi connectivity index (χ1n) is 5.86. The van der Waals surface area contributed by atoms with Crippen LogP contribution in [-0.2, 0) is 9.47 Å². The fourth-order valence-corrected chi connectivity index (χ4v) is 0.742. The predicted molar refractivity (Wildman–Crippen MR) is 77.1 cm³/mol. The second kappa shape index (κ2) is 30.1. The van der Waals surface area contributed by atoms with Gasteiger partial charge in [-0.05, 0) is 27.9 Å². The second-order valence-corrected chi connectivity index (χ2v) is 3.21. The van der Waals surface area contributed by atoms with Gasteiger partial charge in [-0.3, -0.25) is 0 Å². The van der Waals surface area contributed by atoms with E-state index in [1.165, 1.54) is 0 Å². The number of aliphatic hydroxyl groups excluding tert-OH is 2. The van der Waals surface area contributed by atoms with Gasteiger partial charge in [-0.15, -0.1) is 0 Å². The van der Waals surface area contributed by atoms with Crippen LogP contribution in [-0.4, -0.2) is 78.0 Å². The Labute approximate surface area is 113 Å². The van der Waals surface area contributed by atoms with E-state index in [2.05, 4.69) is 10.6 Å². The van der Waals surface area contributed by atoms with Gasteiger partial charge in [0.15, 0.2) is 0 Å². The number of hydrogen-bond donors (Lipinski definition) is 4. The lowest BCUT2D eigenvalue weighted by atomic mass is 10.4. The molecule has 0 spiro atoms. The highest BCUT2D eigenvalue weighted by Crippen LogP contribution is 1.81. The zero-order valence-electron chi connectivity index (χ0n) is 13.3. The van der Waals surface area contributed by atoms with Crippen molar-refractivity contribution in [3.8, 4) is 0 Å². The number of rotatable bonds is 6. The van der Waals surface area contributed by atoms with Crippen LogP contribution in [0.15, 0.2) is 0 Å². The van der Waals surface area contributed by atoms with Crippen molar-refractivity contribution in [3.63, 3.8) is 0 Å². The number of hydrogen-bond acceptors (Lipinski definition) is 6. The minimum Gasteiger partial charge on any atom is -0.400 e. The molecule has 0 radical (unpaired) electrons. The van der Waals surface area contributed by atoms with Crippen LogP contribution in [0.5, 0.6) is 0 Å². The first kappa shape index (κ1) is 26.3. The quantitative estimate of drug-likeness (QED) is 0.530. The molecule has 0 amide bonds. The zero-order valence-corrected chi connectivity index (χ0v) is 13.3. The fraction of sp³-hybridized carbons (Fsp3) is 1.00. The lowest BCUT2D eigenvalue weighted by Crippen LogP contribution is -2.21. The number of methoxy groups -OCH3 is 2. The van der Waals surface area contributed by atoms with Crippen LogP contribution in [0, 0.1) is 0 Å². The summed E-state index contributed by atoms with van der Waals surface area (Å²) >= 11 is 0. The van der Waals surface area contributed by atoms with Gasteiger partial charge in [-0.25, -0.2) is 0 Å². The summed E-state index contributed by atoms with van der Waals surface area (Å²) in [5.41, 5.74) is 0. The first-order chi connectivity index (χ1) is 8.62. The molecule has 0 aromatic heterocycles. The van der Waals surface area contributed by atoms with Gasteiger partial charge in [0.2, 0.25) is 0 Å². The minimum absolute atomic E-state index is 0.338. The molecule has 0 rings (SSSR count). The molecular formula is C12H34N2O4.